The highest BCUT2D eigenvalue weighted by atomic mass is 79.9. The lowest BCUT2D eigenvalue weighted by Crippen LogP contribution is -2.04. The first-order valence-electron chi connectivity index (χ1n) is 3.64. The Balaban J connectivity index is 3.05. The van der Waals surface area contributed by atoms with Crippen molar-refractivity contribution in [3.05, 3.63) is 10.1 Å². The monoisotopic (exact) mass is 303 g/mol. The molecular weight excluding hydrogens is 294 g/mol. The van der Waals surface area contributed by atoms with E-state index < -0.39 is 5.09 Å². The maximum atomic E-state index is 9.72. The zero-order chi connectivity index (χ0) is 9.40. The van der Waals surface area contributed by atoms with Crippen molar-refractivity contribution in [3.8, 4) is 0 Å². The molecule has 0 aliphatic rings. The lowest BCUT2D eigenvalue weighted by Gasteiger charge is -2.03. The van der Waals surface area contributed by atoms with Crippen LogP contribution < -0.4 is 0 Å². The van der Waals surface area contributed by atoms with Gasteiger partial charge in [0.15, 0.2) is 0 Å². The van der Waals surface area contributed by atoms with Crippen molar-refractivity contribution >= 4 is 31.9 Å². The minimum Gasteiger partial charge on any atom is -0.314 e. The van der Waals surface area contributed by atoms with Crippen LogP contribution in [0.5, 0.6) is 0 Å². The molecule has 12 heavy (non-hydrogen) atoms. The minimum absolute atomic E-state index is 0.203. The standard InChI is InChI=1S/C6H11Br2NO3/c7-5-6(8)3-1-2-4-12-9(10)11/h6H,1-5H2. The van der Waals surface area contributed by atoms with Gasteiger partial charge in [-0.05, 0) is 12.8 Å². The first-order chi connectivity index (χ1) is 5.66. The van der Waals surface area contributed by atoms with Crippen LogP contribution in [0.3, 0.4) is 0 Å². The summed E-state index contributed by atoms with van der Waals surface area (Å²) in [7, 11) is 0. The summed E-state index contributed by atoms with van der Waals surface area (Å²) >= 11 is 6.76. The molecular formula is C6H11Br2NO3. The van der Waals surface area contributed by atoms with Crippen LogP contribution in [0, 0.1) is 10.1 Å². The van der Waals surface area contributed by atoms with E-state index in [1.807, 2.05) is 0 Å². The Labute approximate surface area is 88.0 Å². The molecule has 0 aromatic heterocycles. The fourth-order valence-electron chi connectivity index (χ4n) is 0.684. The Morgan fingerprint density at radius 3 is 2.67 bits per heavy atom. The van der Waals surface area contributed by atoms with Gasteiger partial charge < -0.3 is 4.84 Å². The highest BCUT2D eigenvalue weighted by Gasteiger charge is 2.01. The van der Waals surface area contributed by atoms with Crippen LogP contribution in [-0.2, 0) is 4.84 Å². The second-order valence-electron chi connectivity index (χ2n) is 2.30. The van der Waals surface area contributed by atoms with E-state index in [1.54, 1.807) is 0 Å². The van der Waals surface area contributed by atoms with Crippen molar-refractivity contribution < 1.29 is 9.92 Å². The molecule has 6 heteroatoms. The zero-order valence-electron chi connectivity index (χ0n) is 6.54. The van der Waals surface area contributed by atoms with Crippen LogP contribution in [0.2, 0.25) is 0 Å². The van der Waals surface area contributed by atoms with E-state index in [-0.39, 0.29) is 6.61 Å². The molecule has 0 aliphatic heterocycles. The molecule has 0 spiro atoms. The van der Waals surface area contributed by atoms with Crippen molar-refractivity contribution in [1.82, 2.24) is 0 Å². The van der Waals surface area contributed by atoms with Gasteiger partial charge in [-0.3, -0.25) is 0 Å². The number of halogens is 2. The molecule has 0 aromatic carbocycles. The van der Waals surface area contributed by atoms with E-state index in [0.717, 1.165) is 24.6 Å². The van der Waals surface area contributed by atoms with Crippen LogP contribution in [0.4, 0.5) is 0 Å². The smallest absolute Gasteiger partial charge is 0.294 e. The second-order valence-corrected chi connectivity index (χ2v) is 4.25. The Bertz CT molecular complexity index is 134. The Morgan fingerprint density at radius 1 is 1.50 bits per heavy atom. The third kappa shape index (κ3) is 8.26. The summed E-state index contributed by atoms with van der Waals surface area (Å²) in [4.78, 5) is 14.3. The molecule has 1 atom stereocenters. The van der Waals surface area contributed by atoms with Gasteiger partial charge in [0.25, 0.3) is 5.09 Å². The Kier molecular flexibility index (Phi) is 7.89. The summed E-state index contributed by atoms with van der Waals surface area (Å²) in [5, 5.41) is 9.87. The van der Waals surface area contributed by atoms with Gasteiger partial charge in [-0.2, -0.15) is 0 Å². The average Bonchev–Trinajstić information content (AvgIpc) is 2.03. The maximum Gasteiger partial charge on any atom is 0.294 e. The maximum absolute atomic E-state index is 9.72. The van der Waals surface area contributed by atoms with E-state index in [9.17, 15) is 10.1 Å². The van der Waals surface area contributed by atoms with Crippen molar-refractivity contribution in [1.29, 1.82) is 0 Å². The van der Waals surface area contributed by atoms with Gasteiger partial charge in [0.1, 0.15) is 0 Å². The summed E-state index contributed by atoms with van der Waals surface area (Å²) in [6.45, 7) is 0.203. The molecule has 0 amide bonds. The molecule has 0 saturated carbocycles. The lowest BCUT2D eigenvalue weighted by molar-refractivity contribution is -0.757. The molecule has 72 valence electrons. The van der Waals surface area contributed by atoms with Crippen molar-refractivity contribution in [2.24, 2.45) is 0 Å². The summed E-state index contributed by atoms with van der Waals surface area (Å²) in [5.41, 5.74) is 0. The molecule has 0 heterocycles. The normalized spacial score (nSPS) is 12.5. The molecule has 0 fully saturated rings. The fraction of sp³-hybridized carbons (Fsp3) is 1.00. The molecule has 0 bridgehead atoms. The van der Waals surface area contributed by atoms with Crippen molar-refractivity contribution in [2.75, 3.05) is 11.9 Å². The predicted molar refractivity (Wildman–Crippen MR) is 53.3 cm³/mol. The molecule has 0 N–H and O–H groups in total. The van der Waals surface area contributed by atoms with Gasteiger partial charge in [0.05, 0.1) is 6.61 Å². The Hall–Kier alpha value is 0.160. The van der Waals surface area contributed by atoms with Gasteiger partial charge in [-0.15, -0.1) is 10.1 Å². The van der Waals surface area contributed by atoms with E-state index in [1.165, 1.54) is 0 Å². The number of hydrogen-bond acceptors (Lipinski definition) is 3. The number of rotatable bonds is 7. The molecule has 0 aliphatic carbocycles. The highest BCUT2D eigenvalue weighted by molar-refractivity contribution is 9.12. The van der Waals surface area contributed by atoms with Crippen LogP contribution >= 0.6 is 31.9 Å². The van der Waals surface area contributed by atoms with Crippen LogP contribution in [0.1, 0.15) is 19.3 Å². The van der Waals surface area contributed by atoms with Gasteiger partial charge >= 0.3 is 0 Å². The van der Waals surface area contributed by atoms with Crippen molar-refractivity contribution in [2.45, 2.75) is 24.1 Å². The van der Waals surface area contributed by atoms with Gasteiger partial charge in [-0.25, -0.2) is 0 Å². The summed E-state index contributed by atoms with van der Waals surface area (Å²) in [6.07, 6.45) is 2.68. The quantitative estimate of drug-likeness (QED) is 0.314. The summed E-state index contributed by atoms with van der Waals surface area (Å²) < 4.78 is 0. The fourth-order valence-corrected chi connectivity index (χ4v) is 1.33. The van der Waals surface area contributed by atoms with Crippen LogP contribution in [0.15, 0.2) is 0 Å². The first kappa shape index (κ1) is 12.2. The van der Waals surface area contributed by atoms with E-state index in [2.05, 4.69) is 36.7 Å². The predicted octanol–water partition coefficient (Wildman–Crippen LogP) is 2.52. The third-order valence-corrected chi connectivity index (χ3v) is 3.71. The van der Waals surface area contributed by atoms with E-state index in [4.69, 9.17) is 0 Å². The van der Waals surface area contributed by atoms with Crippen LogP contribution in [-0.4, -0.2) is 21.9 Å². The molecule has 0 saturated heterocycles. The number of alkyl halides is 2. The van der Waals surface area contributed by atoms with E-state index in [0.29, 0.717) is 4.83 Å². The molecule has 0 rings (SSSR count). The summed E-state index contributed by atoms with van der Waals surface area (Å²) in [5.74, 6) is 0. The largest absolute Gasteiger partial charge is 0.314 e. The number of hydrogen-bond donors (Lipinski definition) is 0. The average molecular weight is 305 g/mol. The van der Waals surface area contributed by atoms with Gasteiger partial charge in [-0.1, -0.05) is 38.3 Å². The SMILES string of the molecule is O=[N+]([O-])OCCCCC(Br)CBr. The van der Waals surface area contributed by atoms with Crippen LogP contribution in [0.25, 0.3) is 0 Å². The number of nitrogens with zero attached hydrogens (tertiary/aromatic N) is 1. The zero-order valence-corrected chi connectivity index (χ0v) is 9.71. The third-order valence-electron chi connectivity index (χ3n) is 1.28. The van der Waals surface area contributed by atoms with E-state index >= 15 is 0 Å². The molecule has 4 nitrogen and oxygen atoms in total. The second kappa shape index (κ2) is 7.79. The van der Waals surface area contributed by atoms with Gasteiger partial charge in [0.2, 0.25) is 0 Å². The van der Waals surface area contributed by atoms with Crippen molar-refractivity contribution in [3.63, 3.8) is 0 Å². The topological polar surface area (TPSA) is 52.4 Å². The minimum atomic E-state index is -0.754. The Morgan fingerprint density at radius 2 is 2.17 bits per heavy atom. The lowest BCUT2D eigenvalue weighted by atomic mass is 10.2. The summed E-state index contributed by atoms with van der Waals surface area (Å²) in [6, 6.07) is 0. The molecule has 0 radical (unpaired) electrons. The number of unbranched alkanes of at least 4 members (excludes halogenated alkanes) is 1. The molecule has 0 aromatic rings. The van der Waals surface area contributed by atoms with Gasteiger partial charge in [0, 0.05) is 10.2 Å². The molecule has 1 unspecified atom stereocenters. The first-order valence-corrected chi connectivity index (χ1v) is 5.68. The highest BCUT2D eigenvalue weighted by Crippen LogP contribution is 2.11.